The van der Waals surface area contributed by atoms with E-state index in [-0.39, 0.29) is 5.92 Å². The SMILES string of the molecule is CCC(C)C(C)(C)CC(F)(F)F. The Balaban J connectivity index is 4.22. The molecule has 0 aromatic carbocycles. The first kappa shape index (κ1) is 11.8. The number of alkyl halides is 3. The largest absolute Gasteiger partial charge is 0.389 e. The second kappa shape index (κ2) is 3.67. The molecule has 1 unspecified atom stereocenters. The van der Waals surface area contributed by atoms with Crippen LogP contribution in [0.5, 0.6) is 0 Å². The van der Waals surface area contributed by atoms with Crippen LogP contribution in [0, 0.1) is 11.3 Å². The van der Waals surface area contributed by atoms with Crippen LogP contribution in [0.25, 0.3) is 0 Å². The van der Waals surface area contributed by atoms with Gasteiger partial charge in [0.2, 0.25) is 0 Å². The van der Waals surface area contributed by atoms with Crippen molar-refractivity contribution in [1.82, 2.24) is 0 Å². The molecule has 74 valence electrons. The van der Waals surface area contributed by atoms with Gasteiger partial charge in [-0.15, -0.1) is 0 Å². The van der Waals surface area contributed by atoms with Crippen LogP contribution in [0.1, 0.15) is 40.5 Å². The zero-order valence-corrected chi connectivity index (χ0v) is 8.13. The molecule has 0 N–H and O–H groups in total. The van der Waals surface area contributed by atoms with Crippen molar-refractivity contribution in [3.05, 3.63) is 0 Å². The predicted octanol–water partition coefficient (Wildman–Crippen LogP) is 4.01. The van der Waals surface area contributed by atoms with E-state index in [1.165, 1.54) is 0 Å². The highest BCUT2D eigenvalue weighted by Gasteiger charge is 2.38. The summed E-state index contributed by atoms with van der Waals surface area (Å²) >= 11 is 0. The lowest BCUT2D eigenvalue weighted by Crippen LogP contribution is -2.28. The molecule has 0 fully saturated rings. The maximum Gasteiger partial charge on any atom is 0.389 e. The molecule has 0 aromatic rings. The molecular weight excluding hydrogens is 165 g/mol. The fraction of sp³-hybridized carbons (Fsp3) is 1.00. The van der Waals surface area contributed by atoms with Gasteiger partial charge < -0.3 is 0 Å². The smallest absolute Gasteiger partial charge is 0.171 e. The molecule has 0 aliphatic heterocycles. The van der Waals surface area contributed by atoms with Gasteiger partial charge in [0.05, 0.1) is 0 Å². The van der Waals surface area contributed by atoms with Gasteiger partial charge in [0.15, 0.2) is 0 Å². The summed E-state index contributed by atoms with van der Waals surface area (Å²) in [6, 6.07) is 0. The predicted molar refractivity (Wildman–Crippen MR) is 43.9 cm³/mol. The summed E-state index contributed by atoms with van der Waals surface area (Å²) in [5.41, 5.74) is -0.632. The van der Waals surface area contributed by atoms with Gasteiger partial charge in [0, 0.05) is 6.42 Å². The molecule has 12 heavy (non-hydrogen) atoms. The summed E-state index contributed by atoms with van der Waals surface area (Å²) in [6.45, 7) is 7.14. The van der Waals surface area contributed by atoms with E-state index in [0.717, 1.165) is 6.42 Å². The first-order valence-electron chi connectivity index (χ1n) is 4.26. The van der Waals surface area contributed by atoms with Gasteiger partial charge >= 0.3 is 6.18 Å². The van der Waals surface area contributed by atoms with Crippen LogP contribution < -0.4 is 0 Å². The van der Waals surface area contributed by atoms with Crippen molar-refractivity contribution in [2.24, 2.45) is 11.3 Å². The highest BCUT2D eigenvalue weighted by Crippen LogP contribution is 2.39. The van der Waals surface area contributed by atoms with Crippen LogP contribution in [0.2, 0.25) is 0 Å². The van der Waals surface area contributed by atoms with E-state index >= 15 is 0 Å². The quantitative estimate of drug-likeness (QED) is 0.618. The zero-order chi connectivity index (χ0) is 9.99. The Kier molecular flexibility index (Phi) is 3.60. The lowest BCUT2D eigenvalue weighted by molar-refractivity contribution is -0.160. The molecule has 0 rings (SSSR count). The normalized spacial score (nSPS) is 16.2. The van der Waals surface area contributed by atoms with E-state index in [1.807, 2.05) is 13.8 Å². The molecule has 0 aliphatic rings. The first-order valence-corrected chi connectivity index (χ1v) is 4.26. The number of halogens is 3. The van der Waals surface area contributed by atoms with Crippen LogP contribution in [0.15, 0.2) is 0 Å². The topological polar surface area (TPSA) is 0 Å². The number of rotatable bonds is 3. The van der Waals surface area contributed by atoms with Crippen LogP contribution >= 0.6 is 0 Å². The molecule has 0 amide bonds. The summed E-state index contributed by atoms with van der Waals surface area (Å²) in [5.74, 6) is 0.110. The molecule has 1 atom stereocenters. The van der Waals surface area contributed by atoms with E-state index < -0.39 is 18.0 Å². The van der Waals surface area contributed by atoms with Crippen molar-refractivity contribution in [1.29, 1.82) is 0 Å². The summed E-state index contributed by atoms with van der Waals surface area (Å²) in [4.78, 5) is 0. The Morgan fingerprint density at radius 3 is 1.83 bits per heavy atom. The van der Waals surface area contributed by atoms with Crippen LogP contribution in [0.3, 0.4) is 0 Å². The molecule has 0 radical (unpaired) electrons. The molecule has 3 heteroatoms. The Bertz CT molecular complexity index is 135. The van der Waals surface area contributed by atoms with Gasteiger partial charge in [0.1, 0.15) is 0 Å². The van der Waals surface area contributed by atoms with Gasteiger partial charge in [-0.1, -0.05) is 34.1 Å². The van der Waals surface area contributed by atoms with Crippen LogP contribution in [0.4, 0.5) is 13.2 Å². The molecule has 0 bridgehead atoms. The van der Waals surface area contributed by atoms with Crippen molar-refractivity contribution in [3.8, 4) is 0 Å². The molecule has 0 aromatic heterocycles. The Labute approximate surface area is 72.2 Å². The van der Waals surface area contributed by atoms with Gasteiger partial charge in [-0.2, -0.15) is 13.2 Å². The third-order valence-corrected chi connectivity index (χ3v) is 2.60. The first-order chi connectivity index (χ1) is 5.19. The molecule has 0 nitrogen and oxygen atoms in total. The second-order valence-corrected chi connectivity index (χ2v) is 4.09. The Morgan fingerprint density at radius 1 is 1.17 bits per heavy atom. The average molecular weight is 182 g/mol. The minimum absolute atomic E-state index is 0.110. The lowest BCUT2D eigenvalue weighted by atomic mass is 9.76. The maximum atomic E-state index is 12.0. The summed E-state index contributed by atoms with van der Waals surface area (Å²) < 4.78 is 36.1. The molecule has 0 aliphatic carbocycles. The van der Waals surface area contributed by atoms with Crippen molar-refractivity contribution in [2.75, 3.05) is 0 Å². The highest BCUT2D eigenvalue weighted by atomic mass is 19.4. The molecule has 0 heterocycles. The van der Waals surface area contributed by atoms with E-state index in [1.54, 1.807) is 13.8 Å². The molecule has 0 saturated heterocycles. The Morgan fingerprint density at radius 2 is 1.58 bits per heavy atom. The van der Waals surface area contributed by atoms with Gasteiger partial charge in [-0.25, -0.2) is 0 Å². The van der Waals surface area contributed by atoms with Crippen molar-refractivity contribution in [2.45, 2.75) is 46.7 Å². The minimum Gasteiger partial charge on any atom is -0.171 e. The van der Waals surface area contributed by atoms with E-state index in [9.17, 15) is 13.2 Å². The van der Waals surface area contributed by atoms with Crippen molar-refractivity contribution < 1.29 is 13.2 Å². The monoisotopic (exact) mass is 182 g/mol. The summed E-state index contributed by atoms with van der Waals surface area (Å²) in [6.07, 6.45) is -3.93. The van der Waals surface area contributed by atoms with Crippen LogP contribution in [-0.4, -0.2) is 6.18 Å². The van der Waals surface area contributed by atoms with E-state index in [2.05, 4.69) is 0 Å². The molecule has 0 saturated carbocycles. The molecule has 0 spiro atoms. The highest BCUT2D eigenvalue weighted by molar-refractivity contribution is 4.77. The fourth-order valence-corrected chi connectivity index (χ4v) is 1.24. The third-order valence-electron chi connectivity index (χ3n) is 2.60. The van der Waals surface area contributed by atoms with Gasteiger partial charge in [-0.05, 0) is 11.3 Å². The lowest BCUT2D eigenvalue weighted by Gasteiger charge is -2.31. The third kappa shape index (κ3) is 3.98. The number of hydrogen-bond acceptors (Lipinski definition) is 0. The van der Waals surface area contributed by atoms with E-state index in [4.69, 9.17) is 0 Å². The average Bonchev–Trinajstić information content (AvgIpc) is 1.80. The van der Waals surface area contributed by atoms with Crippen molar-refractivity contribution in [3.63, 3.8) is 0 Å². The molecular formula is C9H17F3. The van der Waals surface area contributed by atoms with E-state index in [0.29, 0.717) is 0 Å². The minimum atomic E-state index is -4.03. The van der Waals surface area contributed by atoms with Crippen LogP contribution in [-0.2, 0) is 0 Å². The zero-order valence-electron chi connectivity index (χ0n) is 8.13. The standard InChI is InChI=1S/C9H17F3/c1-5-7(2)8(3,4)6-9(10,11)12/h7H,5-6H2,1-4H3. The van der Waals surface area contributed by atoms with Gasteiger partial charge in [-0.3, -0.25) is 0 Å². The Hall–Kier alpha value is -0.210. The second-order valence-electron chi connectivity index (χ2n) is 4.09. The number of hydrogen-bond donors (Lipinski definition) is 0. The van der Waals surface area contributed by atoms with Crippen molar-refractivity contribution >= 4 is 0 Å². The maximum absolute atomic E-state index is 12.0. The summed E-state index contributed by atoms with van der Waals surface area (Å²) in [5, 5.41) is 0. The fourth-order valence-electron chi connectivity index (χ4n) is 1.24. The van der Waals surface area contributed by atoms with Gasteiger partial charge in [0.25, 0.3) is 0 Å². The summed E-state index contributed by atoms with van der Waals surface area (Å²) in [7, 11) is 0.